The number of rotatable bonds is 8. The molecule has 0 spiro atoms. The molecule has 0 heterocycles. The Bertz CT molecular complexity index is 846. The minimum Gasteiger partial charge on any atom is -0.496 e. The van der Waals surface area contributed by atoms with E-state index in [9.17, 15) is 10.1 Å². The van der Waals surface area contributed by atoms with Crippen LogP contribution in [-0.2, 0) is 16.8 Å². The summed E-state index contributed by atoms with van der Waals surface area (Å²) in [5.74, 6) is 0.774. The van der Waals surface area contributed by atoms with Gasteiger partial charge in [-0.3, -0.25) is 10.1 Å². The molecule has 0 unspecified atom stereocenters. The van der Waals surface area contributed by atoms with Crippen molar-refractivity contribution < 1.29 is 14.4 Å². The average molecular weight is 434 g/mol. The van der Waals surface area contributed by atoms with Crippen LogP contribution in [0, 0.1) is 10.1 Å². The van der Waals surface area contributed by atoms with Gasteiger partial charge in [0.1, 0.15) is 5.75 Å². The molecule has 0 atom stereocenters. The number of ether oxygens (including phenoxy) is 2. The molecule has 0 amide bonds. The highest BCUT2D eigenvalue weighted by Gasteiger charge is 2.20. The van der Waals surface area contributed by atoms with Gasteiger partial charge in [-0.05, 0) is 40.3 Å². The number of nitrogens with zero attached hydrogens (tertiary/aromatic N) is 1. The van der Waals surface area contributed by atoms with Crippen molar-refractivity contribution >= 4 is 33.8 Å². The molecular weight excluding hydrogens is 410 g/mol. The van der Waals surface area contributed by atoms with E-state index in [2.05, 4.69) is 41.9 Å². The Morgan fingerprint density at radius 3 is 2.41 bits per heavy atom. The van der Waals surface area contributed by atoms with Crippen LogP contribution in [0.4, 0.5) is 5.69 Å². The molecule has 0 aliphatic heterocycles. The van der Waals surface area contributed by atoms with Crippen molar-refractivity contribution in [2.45, 2.75) is 25.9 Å². The molecule has 0 aromatic heterocycles. The Morgan fingerprint density at radius 2 is 1.81 bits per heavy atom. The van der Waals surface area contributed by atoms with Crippen molar-refractivity contribution in [3.05, 3.63) is 68.8 Å². The number of nitro groups is 1. The predicted octanol–water partition coefficient (Wildman–Crippen LogP) is 5.59. The lowest BCUT2D eigenvalue weighted by Gasteiger charge is -2.23. The van der Waals surface area contributed by atoms with Gasteiger partial charge in [0.05, 0.1) is 18.6 Å². The van der Waals surface area contributed by atoms with Gasteiger partial charge in [-0.15, -0.1) is 0 Å². The lowest BCUT2D eigenvalue weighted by Crippen LogP contribution is -2.18. The minimum absolute atomic E-state index is 0.0105. The van der Waals surface area contributed by atoms with E-state index in [0.29, 0.717) is 6.61 Å². The molecule has 0 aliphatic carbocycles. The average Bonchev–Trinajstić information content (AvgIpc) is 2.66. The highest BCUT2D eigenvalue weighted by atomic mass is 79.9. The third-order valence-corrected chi connectivity index (χ3v) is 5.83. The third kappa shape index (κ3) is 5.17. The first-order chi connectivity index (χ1) is 12.8. The van der Waals surface area contributed by atoms with Crippen LogP contribution >= 0.6 is 15.9 Å². The summed E-state index contributed by atoms with van der Waals surface area (Å²) in [6.45, 7) is 4.64. The Balaban J connectivity index is 2.45. The Morgan fingerprint density at radius 1 is 1.11 bits per heavy atom. The van der Waals surface area contributed by atoms with Crippen LogP contribution in [-0.4, -0.2) is 24.5 Å². The second-order valence-corrected chi connectivity index (χ2v) is 7.44. The fraction of sp³-hybridized carbons (Fsp3) is 0.333. The smallest absolute Gasteiger partial charge is 0.269 e. The van der Waals surface area contributed by atoms with Crippen LogP contribution in [0.25, 0.3) is 12.2 Å². The van der Waals surface area contributed by atoms with Crippen molar-refractivity contribution in [3.8, 4) is 5.75 Å². The fourth-order valence-corrected chi connectivity index (χ4v) is 3.01. The monoisotopic (exact) mass is 433 g/mol. The van der Waals surface area contributed by atoms with Gasteiger partial charge in [0, 0.05) is 30.1 Å². The van der Waals surface area contributed by atoms with E-state index in [1.54, 1.807) is 26.4 Å². The molecule has 27 heavy (non-hydrogen) atoms. The van der Waals surface area contributed by atoms with Gasteiger partial charge in [-0.25, -0.2) is 0 Å². The highest BCUT2D eigenvalue weighted by molar-refractivity contribution is 9.09. The minimum atomic E-state index is -0.401. The van der Waals surface area contributed by atoms with Gasteiger partial charge in [0.2, 0.25) is 0 Å². The lowest BCUT2D eigenvalue weighted by atomic mass is 9.86. The normalized spacial score (nSPS) is 11.7. The first kappa shape index (κ1) is 21.1. The molecule has 0 saturated carbocycles. The molecule has 2 rings (SSSR count). The summed E-state index contributed by atoms with van der Waals surface area (Å²) in [6.07, 6.45) is 3.90. The molecule has 0 saturated heterocycles. The predicted molar refractivity (Wildman–Crippen MR) is 113 cm³/mol. The summed E-state index contributed by atoms with van der Waals surface area (Å²) in [5.41, 5.74) is 3.82. The van der Waals surface area contributed by atoms with E-state index in [1.807, 2.05) is 18.2 Å². The molecule has 0 radical (unpaired) electrons. The molecule has 5 nitrogen and oxygen atoms in total. The molecule has 2 aromatic rings. The number of non-ortho nitro benzene ring substituents is 1. The van der Waals surface area contributed by atoms with Gasteiger partial charge in [0.15, 0.2) is 0 Å². The Hall–Kier alpha value is -2.18. The Labute approximate surface area is 168 Å². The molecule has 0 fully saturated rings. The van der Waals surface area contributed by atoms with Crippen molar-refractivity contribution in [1.82, 2.24) is 0 Å². The van der Waals surface area contributed by atoms with E-state index in [4.69, 9.17) is 9.47 Å². The molecule has 0 aliphatic rings. The summed E-state index contributed by atoms with van der Waals surface area (Å²) in [5, 5.41) is 11.9. The van der Waals surface area contributed by atoms with Gasteiger partial charge < -0.3 is 9.47 Å². The highest BCUT2D eigenvalue weighted by Crippen LogP contribution is 2.31. The maximum absolute atomic E-state index is 11.0. The topological polar surface area (TPSA) is 61.6 Å². The summed E-state index contributed by atoms with van der Waals surface area (Å²) in [6, 6.07) is 10.9. The number of nitro benzene ring substituents is 1. The number of hydrogen-bond acceptors (Lipinski definition) is 4. The first-order valence-electron chi connectivity index (χ1n) is 8.51. The first-order valence-corrected chi connectivity index (χ1v) is 9.63. The molecule has 0 bridgehead atoms. The molecule has 144 valence electrons. The molecule has 6 heteroatoms. The second-order valence-electron chi connectivity index (χ2n) is 6.88. The van der Waals surface area contributed by atoms with Crippen LogP contribution in [0.5, 0.6) is 5.75 Å². The fourth-order valence-electron chi connectivity index (χ4n) is 2.69. The van der Waals surface area contributed by atoms with Crippen LogP contribution in [0.15, 0.2) is 36.4 Å². The van der Waals surface area contributed by atoms with Crippen molar-refractivity contribution in [3.63, 3.8) is 0 Å². The zero-order valence-electron chi connectivity index (χ0n) is 16.0. The number of benzene rings is 2. The number of hydrogen-bond donors (Lipinski definition) is 0. The maximum Gasteiger partial charge on any atom is 0.269 e. The van der Waals surface area contributed by atoms with E-state index in [0.717, 1.165) is 27.8 Å². The van der Waals surface area contributed by atoms with Crippen molar-refractivity contribution in [2.24, 2.45) is 0 Å². The summed E-state index contributed by atoms with van der Waals surface area (Å²) in [7, 11) is 3.21. The zero-order valence-corrected chi connectivity index (χ0v) is 17.6. The number of alkyl halides is 1. The third-order valence-electron chi connectivity index (χ3n) is 4.42. The van der Waals surface area contributed by atoms with Crippen LogP contribution in [0.2, 0.25) is 0 Å². The van der Waals surface area contributed by atoms with Crippen LogP contribution in [0.1, 0.15) is 36.1 Å². The van der Waals surface area contributed by atoms with Crippen molar-refractivity contribution in [1.29, 1.82) is 0 Å². The molecule has 2 aromatic carbocycles. The standard InChI is InChI=1S/C21H24BrNO4/c1-21(2,14-22)18-8-10-20(27-4)16(11-18)6-5-15-7-9-19(23(24)25)12-17(15)13-26-3/h5-12H,13-14H2,1-4H3/b6-5+. The van der Waals surface area contributed by atoms with Gasteiger partial charge in [-0.1, -0.05) is 48.0 Å². The van der Waals surface area contributed by atoms with Gasteiger partial charge in [-0.2, -0.15) is 0 Å². The summed E-state index contributed by atoms with van der Waals surface area (Å²) < 4.78 is 10.7. The largest absolute Gasteiger partial charge is 0.496 e. The lowest BCUT2D eigenvalue weighted by molar-refractivity contribution is -0.384. The van der Waals surface area contributed by atoms with E-state index < -0.39 is 4.92 Å². The maximum atomic E-state index is 11.0. The summed E-state index contributed by atoms with van der Waals surface area (Å²) in [4.78, 5) is 10.6. The summed E-state index contributed by atoms with van der Waals surface area (Å²) >= 11 is 3.57. The number of methoxy groups -OCH3 is 2. The number of halogens is 1. The molecular formula is C21H24BrNO4. The van der Waals surface area contributed by atoms with Crippen molar-refractivity contribution in [2.75, 3.05) is 19.5 Å². The van der Waals surface area contributed by atoms with Crippen LogP contribution < -0.4 is 4.74 Å². The quantitative estimate of drug-likeness (QED) is 0.235. The Kier molecular flexibility index (Phi) is 7.16. The van der Waals surface area contributed by atoms with E-state index in [-0.39, 0.29) is 11.1 Å². The SMILES string of the molecule is COCc1cc([N+](=O)[O-])ccc1/C=C/c1cc(C(C)(C)CBr)ccc1OC. The molecule has 0 N–H and O–H groups in total. The van der Waals surface area contributed by atoms with Gasteiger partial charge >= 0.3 is 0 Å². The van der Waals surface area contributed by atoms with E-state index >= 15 is 0 Å². The van der Waals surface area contributed by atoms with E-state index in [1.165, 1.54) is 11.6 Å². The van der Waals surface area contributed by atoms with Gasteiger partial charge in [0.25, 0.3) is 5.69 Å². The van der Waals surface area contributed by atoms with Crippen LogP contribution in [0.3, 0.4) is 0 Å². The zero-order chi connectivity index (χ0) is 20.0. The second kappa shape index (κ2) is 9.15.